The topological polar surface area (TPSA) is 13.1 Å². The lowest BCUT2D eigenvalue weighted by atomic mass is 9.90. The quantitative estimate of drug-likeness (QED) is 0.191. The van der Waals surface area contributed by atoms with Crippen LogP contribution in [0.5, 0.6) is 0 Å². The van der Waals surface area contributed by atoms with Crippen LogP contribution >= 0.6 is 0 Å². The van der Waals surface area contributed by atoms with Gasteiger partial charge in [-0.25, -0.2) is 0 Å². The van der Waals surface area contributed by atoms with Crippen LogP contribution in [-0.4, -0.2) is 0 Å². The number of benzene rings is 8. The van der Waals surface area contributed by atoms with Crippen molar-refractivity contribution in [3.8, 4) is 44.5 Å². The number of hydrogen-bond donors (Lipinski definition) is 0. The fraction of sp³-hybridized carbons (Fsp3) is 0. The number of para-hydroxylation sites is 2. The van der Waals surface area contributed by atoms with Crippen LogP contribution in [-0.2, 0) is 0 Å². The van der Waals surface area contributed by atoms with Gasteiger partial charge in [-0.3, -0.25) is 0 Å². The molecule has 1 nitrogen and oxygen atoms in total. The summed E-state index contributed by atoms with van der Waals surface area (Å²) in [5.74, 6) is 0. The first kappa shape index (κ1) is 25.6. The molecule has 210 valence electrons. The van der Waals surface area contributed by atoms with Gasteiger partial charge in [0.1, 0.15) is 11.2 Å². The molecule has 0 N–H and O–H groups in total. The zero-order valence-corrected chi connectivity index (χ0v) is 24.6. The van der Waals surface area contributed by atoms with Crippen molar-refractivity contribution < 1.29 is 4.42 Å². The van der Waals surface area contributed by atoms with Gasteiger partial charge in [-0.05, 0) is 84.8 Å². The molecule has 0 spiro atoms. The van der Waals surface area contributed by atoms with Gasteiger partial charge in [0.15, 0.2) is 0 Å². The summed E-state index contributed by atoms with van der Waals surface area (Å²) in [4.78, 5) is 0. The molecule has 1 aromatic heterocycles. The molecule has 1 heteroatoms. The molecule has 0 aliphatic carbocycles. The molecule has 0 radical (unpaired) electrons. The van der Waals surface area contributed by atoms with Crippen LogP contribution < -0.4 is 0 Å². The molecule has 9 rings (SSSR count). The largest absolute Gasteiger partial charge is 0.455 e. The van der Waals surface area contributed by atoms with Gasteiger partial charge in [-0.1, -0.05) is 146 Å². The summed E-state index contributed by atoms with van der Waals surface area (Å²) in [7, 11) is 0. The van der Waals surface area contributed by atoms with Crippen LogP contribution in [0.1, 0.15) is 0 Å². The Morgan fingerprint density at radius 1 is 0.289 bits per heavy atom. The van der Waals surface area contributed by atoms with Crippen molar-refractivity contribution in [1.29, 1.82) is 0 Å². The maximum absolute atomic E-state index is 6.33. The Morgan fingerprint density at radius 3 is 1.69 bits per heavy atom. The van der Waals surface area contributed by atoms with E-state index >= 15 is 0 Å². The van der Waals surface area contributed by atoms with E-state index in [2.05, 4.69) is 158 Å². The monoisotopic (exact) mass is 572 g/mol. The Hall–Kier alpha value is -5.92. The minimum atomic E-state index is 0.922. The highest BCUT2D eigenvalue weighted by molar-refractivity contribution is 6.15. The van der Waals surface area contributed by atoms with Crippen LogP contribution in [0.15, 0.2) is 174 Å². The lowest BCUT2D eigenvalue weighted by Gasteiger charge is -2.13. The van der Waals surface area contributed by atoms with Gasteiger partial charge < -0.3 is 4.42 Å². The second kappa shape index (κ2) is 10.4. The molecular weight excluding hydrogens is 544 g/mol. The van der Waals surface area contributed by atoms with Gasteiger partial charge in [0.2, 0.25) is 0 Å². The third-order valence-electron chi connectivity index (χ3n) is 9.07. The maximum Gasteiger partial charge on any atom is 0.143 e. The molecule has 0 fully saturated rings. The summed E-state index contributed by atoms with van der Waals surface area (Å²) in [6.07, 6.45) is 0. The molecule has 9 aromatic rings. The van der Waals surface area contributed by atoms with Crippen molar-refractivity contribution in [3.05, 3.63) is 170 Å². The lowest BCUT2D eigenvalue weighted by molar-refractivity contribution is 0.670. The Kier molecular flexibility index (Phi) is 5.89. The fourth-order valence-corrected chi connectivity index (χ4v) is 6.83. The van der Waals surface area contributed by atoms with Crippen LogP contribution in [0.3, 0.4) is 0 Å². The summed E-state index contributed by atoms with van der Waals surface area (Å²) in [5, 5.41) is 7.34. The number of fused-ring (bicyclic) bond motifs is 6. The van der Waals surface area contributed by atoms with Gasteiger partial charge in [0, 0.05) is 16.3 Å². The highest BCUT2D eigenvalue weighted by atomic mass is 16.3. The van der Waals surface area contributed by atoms with Gasteiger partial charge >= 0.3 is 0 Å². The van der Waals surface area contributed by atoms with Gasteiger partial charge in [0.25, 0.3) is 0 Å². The summed E-state index contributed by atoms with van der Waals surface area (Å²) in [5.41, 5.74) is 11.5. The minimum Gasteiger partial charge on any atom is -0.455 e. The SMILES string of the molecule is c1ccc(-c2cccc(-c3ccc4cc(-c5ccc(-c6cccc7c6oc6ccccc67)cc5)c5ccccc5c4c3)c2)cc1. The molecule has 0 saturated heterocycles. The van der Waals surface area contributed by atoms with E-state index in [-0.39, 0.29) is 0 Å². The smallest absolute Gasteiger partial charge is 0.143 e. The Labute approximate surface area is 261 Å². The number of furan rings is 1. The van der Waals surface area contributed by atoms with Crippen molar-refractivity contribution >= 4 is 43.5 Å². The van der Waals surface area contributed by atoms with Crippen LogP contribution in [0.2, 0.25) is 0 Å². The van der Waals surface area contributed by atoms with E-state index in [0.717, 1.165) is 33.1 Å². The molecular formula is C44H28O. The average Bonchev–Trinajstić information content (AvgIpc) is 3.51. The predicted molar refractivity (Wildman–Crippen MR) is 190 cm³/mol. The standard InChI is InChI=1S/C44H28O/c1-2-10-29(11-3-1)32-12-8-13-33(26-32)34-24-25-35-28-41(37-14-4-5-15-38(37)42(35)27-34)31-22-20-30(21-23-31)36-17-9-18-40-39-16-6-7-19-43(39)45-44(36)40/h1-28H. The van der Waals surface area contributed by atoms with Gasteiger partial charge in [0.05, 0.1) is 0 Å². The summed E-state index contributed by atoms with van der Waals surface area (Å²) in [6.45, 7) is 0. The van der Waals surface area contributed by atoms with E-state index in [9.17, 15) is 0 Å². The third-order valence-corrected chi connectivity index (χ3v) is 9.07. The first-order valence-corrected chi connectivity index (χ1v) is 15.4. The zero-order valence-electron chi connectivity index (χ0n) is 24.6. The average molecular weight is 573 g/mol. The zero-order chi connectivity index (χ0) is 29.7. The Morgan fingerprint density at radius 2 is 0.867 bits per heavy atom. The second-order valence-electron chi connectivity index (χ2n) is 11.7. The molecule has 0 unspecified atom stereocenters. The van der Waals surface area contributed by atoms with Crippen molar-refractivity contribution in [2.75, 3.05) is 0 Å². The lowest BCUT2D eigenvalue weighted by Crippen LogP contribution is -1.87. The highest BCUT2D eigenvalue weighted by Crippen LogP contribution is 2.39. The van der Waals surface area contributed by atoms with Crippen LogP contribution in [0.4, 0.5) is 0 Å². The van der Waals surface area contributed by atoms with Crippen LogP contribution in [0, 0.1) is 0 Å². The summed E-state index contributed by atoms with van der Waals surface area (Å²) < 4.78 is 6.33. The van der Waals surface area contributed by atoms with Crippen molar-refractivity contribution in [2.24, 2.45) is 0 Å². The molecule has 0 aliphatic rings. The molecule has 0 bridgehead atoms. The second-order valence-corrected chi connectivity index (χ2v) is 11.7. The van der Waals surface area contributed by atoms with Crippen molar-refractivity contribution in [3.63, 3.8) is 0 Å². The number of hydrogen-bond acceptors (Lipinski definition) is 1. The third kappa shape index (κ3) is 4.32. The normalized spacial score (nSPS) is 11.6. The molecule has 0 atom stereocenters. The van der Waals surface area contributed by atoms with Crippen molar-refractivity contribution in [1.82, 2.24) is 0 Å². The maximum atomic E-state index is 6.33. The Balaban J connectivity index is 1.13. The predicted octanol–water partition coefficient (Wildman–Crippen LogP) is 12.6. The molecule has 45 heavy (non-hydrogen) atoms. The van der Waals surface area contributed by atoms with Gasteiger partial charge in [-0.15, -0.1) is 0 Å². The van der Waals surface area contributed by atoms with E-state index in [1.165, 1.54) is 54.9 Å². The molecule has 0 saturated carbocycles. The summed E-state index contributed by atoms with van der Waals surface area (Å²) >= 11 is 0. The Bertz CT molecular complexity index is 2520. The van der Waals surface area contributed by atoms with E-state index in [1.54, 1.807) is 0 Å². The van der Waals surface area contributed by atoms with Crippen molar-refractivity contribution in [2.45, 2.75) is 0 Å². The first-order chi connectivity index (χ1) is 22.3. The van der Waals surface area contributed by atoms with Crippen LogP contribution in [0.25, 0.3) is 88.0 Å². The molecule has 0 amide bonds. The van der Waals surface area contributed by atoms with Gasteiger partial charge in [-0.2, -0.15) is 0 Å². The fourth-order valence-electron chi connectivity index (χ4n) is 6.83. The van der Waals surface area contributed by atoms with E-state index in [4.69, 9.17) is 4.42 Å². The summed E-state index contributed by atoms with van der Waals surface area (Å²) in [6, 6.07) is 61.0. The number of rotatable bonds is 4. The molecule has 0 aliphatic heterocycles. The van der Waals surface area contributed by atoms with E-state index < -0.39 is 0 Å². The molecule has 8 aromatic carbocycles. The van der Waals surface area contributed by atoms with E-state index in [0.29, 0.717) is 0 Å². The highest BCUT2D eigenvalue weighted by Gasteiger charge is 2.14. The molecule has 1 heterocycles. The first-order valence-electron chi connectivity index (χ1n) is 15.4. The minimum absolute atomic E-state index is 0.922. The van der Waals surface area contributed by atoms with E-state index in [1.807, 2.05) is 12.1 Å².